The number of amides is 1. The van der Waals surface area contributed by atoms with Crippen LogP contribution in [0.25, 0.3) is 0 Å². The van der Waals surface area contributed by atoms with Gasteiger partial charge in [-0.15, -0.1) is 0 Å². The third-order valence-electron chi connectivity index (χ3n) is 3.62. The van der Waals surface area contributed by atoms with Crippen LogP contribution in [0.5, 0.6) is 0 Å². The van der Waals surface area contributed by atoms with Crippen LogP contribution in [0.2, 0.25) is 0 Å². The van der Waals surface area contributed by atoms with Crippen LogP contribution in [0, 0.1) is 12.8 Å². The summed E-state index contributed by atoms with van der Waals surface area (Å²) < 4.78 is 39.8. The topological polar surface area (TPSA) is 52.9 Å². The largest absolute Gasteiger partial charge is 0.438 e. The Hall–Kier alpha value is -1.89. The van der Waals surface area contributed by atoms with Gasteiger partial charge in [-0.1, -0.05) is 31.5 Å². The van der Waals surface area contributed by atoms with Crippen LogP contribution in [0.15, 0.2) is 29.4 Å². The van der Waals surface area contributed by atoms with Crippen molar-refractivity contribution in [2.75, 3.05) is 0 Å². The summed E-state index contributed by atoms with van der Waals surface area (Å²) in [4.78, 5) is 12.3. The molecule has 1 N–H and O–H groups in total. The van der Waals surface area contributed by atoms with Crippen molar-refractivity contribution in [1.82, 2.24) is 5.01 Å². The lowest BCUT2D eigenvalue weighted by atomic mass is 9.98. The first kappa shape index (κ1) is 16.5. The molecule has 0 spiro atoms. The number of carbonyl (C=O) groups excluding carboxylic acids is 1. The molecule has 0 radical (unpaired) electrons. The summed E-state index contributed by atoms with van der Waals surface area (Å²) in [6.45, 7) is 5.12. The van der Waals surface area contributed by atoms with Gasteiger partial charge in [-0.25, -0.2) is 0 Å². The molecular formula is C15H17F3N2O2. The van der Waals surface area contributed by atoms with E-state index in [1.54, 1.807) is 32.9 Å². The zero-order chi connectivity index (χ0) is 16.7. The quantitative estimate of drug-likeness (QED) is 0.912. The molecule has 22 heavy (non-hydrogen) atoms. The predicted molar refractivity (Wildman–Crippen MR) is 75.2 cm³/mol. The van der Waals surface area contributed by atoms with Gasteiger partial charge in [0.05, 0.1) is 0 Å². The maximum Gasteiger partial charge on any atom is 0.438 e. The summed E-state index contributed by atoms with van der Waals surface area (Å²) in [6, 6.07) is 6.06. The lowest BCUT2D eigenvalue weighted by Gasteiger charge is -2.32. The number of rotatable bonds is 2. The summed E-state index contributed by atoms with van der Waals surface area (Å²) in [6.07, 6.45) is -5.72. The number of alkyl halides is 3. The van der Waals surface area contributed by atoms with E-state index in [0.717, 1.165) is 5.56 Å². The average Bonchev–Trinajstić information content (AvgIpc) is 2.78. The average molecular weight is 314 g/mol. The second kappa shape index (κ2) is 5.39. The number of carbonyl (C=O) groups is 1. The monoisotopic (exact) mass is 314 g/mol. The highest BCUT2D eigenvalue weighted by atomic mass is 19.4. The van der Waals surface area contributed by atoms with E-state index in [0.29, 0.717) is 0 Å². The Balaban J connectivity index is 2.43. The standard InChI is InChI=1S/C15H17F3N2O2/c1-9(2)12-8-14(22,15(16,17)18)20(19-12)13(21)11-6-4-10(3)5-7-11/h4-7,9,22H,8H2,1-3H3/t14-/m0/s1. The molecule has 0 bridgehead atoms. The van der Waals surface area contributed by atoms with E-state index in [1.165, 1.54) is 12.1 Å². The van der Waals surface area contributed by atoms with Gasteiger partial charge in [0.15, 0.2) is 0 Å². The van der Waals surface area contributed by atoms with E-state index in [1.807, 2.05) is 0 Å². The lowest BCUT2D eigenvalue weighted by Crippen LogP contribution is -2.56. The highest BCUT2D eigenvalue weighted by Gasteiger charge is 2.63. The Morgan fingerprint density at radius 3 is 2.32 bits per heavy atom. The van der Waals surface area contributed by atoms with Crippen molar-refractivity contribution in [3.8, 4) is 0 Å². The molecule has 1 aromatic rings. The number of hydrogen-bond donors (Lipinski definition) is 1. The molecule has 2 rings (SSSR count). The van der Waals surface area contributed by atoms with E-state index >= 15 is 0 Å². The first-order chi connectivity index (χ1) is 10.1. The third-order valence-corrected chi connectivity index (χ3v) is 3.62. The normalized spacial score (nSPS) is 22.2. The molecule has 4 nitrogen and oxygen atoms in total. The Morgan fingerprint density at radius 2 is 1.86 bits per heavy atom. The van der Waals surface area contributed by atoms with Crippen LogP contribution in [-0.2, 0) is 0 Å². The Morgan fingerprint density at radius 1 is 1.32 bits per heavy atom. The molecule has 7 heteroatoms. The zero-order valence-electron chi connectivity index (χ0n) is 12.5. The summed E-state index contributed by atoms with van der Waals surface area (Å²) in [5, 5.41) is 14.0. The van der Waals surface area contributed by atoms with Gasteiger partial charge in [-0.3, -0.25) is 4.79 Å². The minimum Gasteiger partial charge on any atom is -0.362 e. The molecule has 120 valence electrons. The van der Waals surface area contributed by atoms with Gasteiger partial charge in [0.2, 0.25) is 0 Å². The highest BCUT2D eigenvalue weighted by molar-refractivity contribution is 5.98. The Kier molecular flexibility index (Phi) is 4.04. The molecule has 0 saturated heterocycles. The van der Waals surface area contributed by atoms with Crippen LogP contribution in [0.1, 0.15) is 36.2 Å². The molecule has 0 unspecified atom stereocenters. The molecule has 0 saturated carbocycles. The third kappa shape index (κ3) is 2.72. The summed E-state index contributed by atoms with van der Waals surface area (Å²) in [5.74, 6) is -1.28. The molecule has 0 aliphatic carbocycles. The van der Waals surface area contributed by atoms with Crippen molar-refractivity contribution in [3.63, 3.8) is 0 Å². The SMILES string of the molecule is Cc1ccc(C(=O)N2N=C(C(C)C)C[C@]2(O)C(F)(F)F)cc1. The predicted octanol–water partition coefficient (Wildman–Crippen LogP) is 3.10. The van der Waals surface area contributed by atoms with Crippen LogP contribution in [-0.4, -0.2) is 33.6 Å². The maximum atomic E-state index is 13.3. The number of hydrazone groups is 1. The Labute approximate surface area is 126 Å². The summed E-state index contributed by atoms with van der Waals surface area (Å²) >= 11 is 0. The summed E-state index contributed by atoms with van der Waals surface area (Å²) in [7, 11) is 0. The number of hydrogen-bond acceptors (Lipinski definition) is 3. The highest BCUT2D eigenvalue weighted by Crippen LogP contribution is 2.41. The minimum absolute atomic E-state index is 0.0435. The smallest absolute Gasteiger partial charge is 0.362 e. The van der Waals surface area contributed by atoms with Crippen LogP contribution in [0.3, 0.4) is 0 Å². The molecule has 1 aliphatic rings. The van der Waals surface area contributed by atoms with Gasteiger partial charge >= 0.3 is 6.18 Å². The number of aryl methyl sites for hydroxylation is 1. The first-order valence-electron chi connectivity index (χ1n) is 6.84. The van der Waals surface area contributed by atoms with Crippen molar-refractivity contribution in [3.05, 3.63) is 35.4 Å². The molecule has 1 atom stereocenters. The van der Waals surface area contributed by atoms with Crippen molar-refractivity contribution in [2.24, 2.45) is 11.0 Å². The molecule has 1 amide bonds. The van der Waals surface area contributed by atoms with Gasteiger partial charge in [0, 0.05) is 17.7 Å². The second-order valence-electron chi connectivity index (χ2n) is 5.72. The zero-order valence-corrected chi connectivity index (χ0v) is 12.5. The minimum atomic E-state index is -4.99. The summed E-state index contributed by atoms with van der Waals surface area (Å²) in [5.41, 5.74) is -2.24. The molecule has 0 aromatic heterocycles. The Bertz CT molecular complexity index is 608. The molecule has 1 heterocycles. The second-order valence-corrected chi connectivity index (χ2v) is 5.72. The fourth-order valence-electron chi connectivity index (χ4n) is 2.15. The number of benzene rings is 1. The van der Waals surface area contributed by atoms with E-state index in [4.69, 9.17) is 0 Å². The van der Waals surface area contributed by atoms with E-state index < -0.39 is 24.2 Å². The van der Waals surface area contributed by atoms with Crippen molar-refractivity contribution in [2.45, 2.75) is 39.1 Å². The lowest BCUT2D eigenvalue weighted by molar-refractivity contribution is -0.297. The van der Waals surface area contributed by atoms with Crippen LogP contribution in [0.4, 0.5) is 13.2 Å². The number of aliphatic hydroxyl groups is 1. The fraction of sp³-hybridized carbons (Fsp3) is 0.467. The van der Waals surface area contributed by atoms with Gasteiger partial charge in [-0.05, 0) is 25.0 Å². The van der Waals surface area contributed by atoms with Crippen LogP contribution < -0.4 is 0 Å². The number of nitrogens with zero attached hydrogens (tertiary/aromatic N) is 2. The molecule has 1 aromatic carbocycles. The number of halogens is 3. The van der Waals surface area contributed by atoms with E-state index in [-0.39, 0.29) is 22.2 Å². The fourth-order valence-corrected chi connectivity index (χ4v) is 2.15. The van der Waals surface area contributed by atoms with Gasteiger partial charge in [-0.2, -0.15) is 23.3 Å². The molecule has 0 fully saturated rings. The van der Waals surface area contributed by atoms with Gasteiger partial charge in [0.1, 0.15) is 0 Å². The van der Waals surface area contributed by atoms with Crippen molar-refractivity contribution >= 4 is 11.6 Å². The van der Waals surface area contributed by atoms with Crippen molar-refractivity contribution < 1.29 is 23.1 Å². The van der Waals surface area contributed by atoms with Crippen LogP contribution >= 0.6 is 0 Å². The van der Waals surface area contributed by atoms with Crippen molar-refractivity contribution in [1.29, 1.82) is 0 Å². The first-order valence-corrected chi connectivity index (χ1v) is 6.84. The van der Waals surface area contributed by atoms with E-state index in [9.17, 15) is 23.1 Å². The van der Waals surface area contributed by atoms with Gasteiger partial charge in [0.25, 0.3) is 11.6 Å². The molecule has 1 aliphatic heterocycles. The van der Waals surface area contributed by atoms with E-state index in [2.05, 4.69) is 5.10 Å². The molecular weight excluding hydrogens is 297 g/mol. The van der Waals surface area contributed by atoms with Gasteiger partial charge < -0.3 is 5.11 Å². The maximum absolute atomic E-state index is 13.3.